The Morgan fingerprint density at radius 2 is 1.77 bits per heavy atom. The Balaban J connectivity index is 1.35. The number of hydrogen-bond donors (Lipinski definition) is 1. The molecule has 0 saturated carbocycles. The molecule has 1 aliphatic rings. The molecule has 4 rings (SSSR count). The summed E-state index contributed by atoms with van der Waals surface area (Å²) >= 11 is 0. The maximum Gasteiger partial charge on any atom is 0.258 e. The highest BCUT2D eigenvalue weighted by Gasteiger charge is 2.19. The number of pyridine rings is 1. The maximum absolute atomic E-state index is 12.0. The molecule has 1 fully saturated rings. The largest absolute Gasteiger partial charge is 0.472 e. The zero-order valence-electron chi connectivity index (χ0n) is 14.1. The molecule has 0 bridgehead atoms. The standard InChI is InChI=1S/C18H18N6O2/c25-17(14-4-10-26-13-14)22-15-11-20-18(21-12-15)24-8-6-23(7-9-24)16-3-1-2-5-19-16/h1-5,10-13H,6-9H2,(H,22,25). The van der Waals surface area contributed by atoms with E-state index in [9.17, 15) is 4.79 Å². The molecular weight excluding hydrogens is 332 g/mol. The number of rotatable bonds is 4. The molecule has 8 nitrogen and oxygen atoms in total. The van der Waals surface area contributed by atoms with Gasteiger partial charge in [0.1, 0.15) is 12.1 Å². The van der Waals surface area contributed by atoms with Gasteiger partial charge in [0.25, 0.3) is 5.91 Å². The van der Waals surface area contributed by atoms with E-state index >= 15 is 0 Å². The zero-order chi connectivity index (χ0) is 17.8. The summed E-state index contributed by atoms with van der Waals surface area (Å²) in [7, 11) is 0. The molecule has 1 N–H and O–H groups in total. The fourth-order valence-electron chi connectivity index (χ4n) is 2.82. The number of anilines is 3. The average Bonchev–Trinajstić information content (AvgIpc) is 3.25. The van der Waals surface area contributed by atoms with E-state index < -0.39 is 0 Å². The van der Waals surface area contributed by atoms with Crippen LogP contribution in [0.3, 0.4) is 0 Å². The third-order valence-electron chi connectivity index (χ3n) is 4.22. The van der Waals surface area contributed by atoms with Gasteiger partial charge >= 0.3 is 0 Å². The van der Waals surface area contributed by atoms with Gasteiger partial charge in [-0.1, -0.05) is 6.07 Å². The van der Waals surface area contributed by atoms with Gasteiger partial charge in [-0.05, 0) is 18.2 Å². The van der Waals surface area contributed by atoms with Gasteiger partial charge in [-0.25, -0.2) is 15.0 Å². The predicted molar refractivity (Wildman–Crippen MR) is 97.4 cm³/mol. The van der Waals surface area contributed by atoms with Gasteiger partial charge in [-0.2, -0.15) is 0 Å². The normalized spacial score (nSPS) is 14.3. The number of amides is 1. The number of nitrogens with zero attached hydrogens (tertiary/aromatic N) is 5. The van der Waals surface area contributed by atoms with Crippen molar-refractivity contribution >= 4 is 23.4 Å². The lowest BCUT2D eigenvalue weighted by atomic mass is 10.3. The minimum atomic E-state index is -0.251. The van der Waals surface area contributed by atoms with Crippen LogP contribution in [-0.4, -0.2) is 47.0 Å². The van der Waals surface area contributed by atoms with Crippen LogP contribution in [0.25, 0.3) is 0 Å². The van der Waals surface area contributed by atoms with E-state index in [2.05, 4.69) is 30.1 Å². The van der Waals surface area contributed by atoms with Gasteiger partial charge in [0.05, 0.1) is 29.9 Å². The first kappa shape index (κ1) is 16.1. The van der Waals surface area contributed by atoms with Crippen LogP contribution < -0.4 is 15.1 Å². The van der Waals surface area contributed by atoms with Crippen LogP contribution >= 0.6 is 0 Å². The van der Waals surface area contributed by atoms with Crippen molar-refractivity contribution in [1.82, 2.24) is 15.0 Å². The lowest BCUT2D eigenvalue weighted by molar-refractivity contribution is 0.102. The van der Waals surface area contributed by atoms with Gasteiger partial charge in [-0.15, -0.1) is 0 Å². The second kappa shape index (κ2) is 7.22. The fraction of sp³-hybridized carbons (Fsp3) is 0.222. The second-order valence-electron chi connectivity index (χ2n) is 5.90. The van der Waals surface area contributed by atoms with Gasteiger partial charge in [0.15, 0.2) is 0 Å². The monoisotopic (exact) mass is 350 g/mol. The number of hydrogen-bond acceptors (Lipinski definition) is 7. The van der Waals surface area contributed by atoms with E-state index in [-0.39, 0.29) is 5.91 Å². The van der Waals surface area contributed by atoms with Gasteiger partial charge in [0, 0.05) is 32.4 Å². The summed E-state index contributed by atoms with van der Waals surface area (Å²) in [6.45, 7) is 3.35. The minimum Gasteiger partial charge on any atom is -0.472 e. The number of aromatic nitrogens is 3. The molecule has 0 radical (unpaired) electrons. The summed E-state index contributed by atoms with van der Waals surface area (Å²) < 4.78 is 4.91. The van der Waals surface area contributed by atoms with E-state index in [1.165, 1.54) is 12.5 Å². The van der Waals surface area contributed by atoms with Crippen LogP contribution in [0, 0.1) is 0 Å². The highest BCUT2D eigenvalue weighted by molar-refractivity contribution is 6.03. The summed E-state index contributed by atoms with van der Waals surface area (Å²) in [5.41, 5.74) is 1.01. The Hall–Kier alpha value is -3.42. The molecule has 8 heteroatoms. The van der Waals surface area contributed by atoms with Crippen LogP contribution in [0.2, 0.25) is 0 Å². The van der Waals surface area contributed by atoms with Crippen molar-refractivity contribution in [2.75, 3.05) is 41.3 Å². The molecule has 1 amide bonds. The van der Waals surface area contributed by atoms with E-state index in [4.69, 9.17) is 4.42 Å². The van der Waals surface area contributed by atoms with Crippen molar-refractivity contribution in [2.24, 2.45) is 0 Å². The molecule has 3 aromatic rings. The number of carbonyl (C=O) groups excluding carboxylic acids is 1. The van der Waals surface area contributed by atoms with Gasteiger partial charge in [-0.3, -0.25) is 4.79 Å². The Bertz CT molecular complexity index is 843. The highest BCUT2D eigenvalue weighted by atomic mass is 16.3. The van der Waals surface area contributed by atoms with Crippen molar-refractivity contribution in [2.45, 2.75) is 0 Å². The third kappa shape index (κ3) is 3.49. The average molecular weight is 350 g/mol. The van der Waals surface area contributed by atoms with Crippen molar-refractivity contribution in [3.8, 4) is 0 Å². The van der Waals surface area contributed by atoms with Crippen molar-refractivity contribution in [3.63, 3.8) is 0 Å². The lowest BCUT2D eigenvalue weighted by Crippen LogP contribution is -2.47. The molecule has 132 valence electrons. The smallest absolute Gasteiger partial charge is 0.258 e. The highest BCUT2D eigenvalue weighted by Crippen LogP contribution is 2.17. The topological polar surface area (TPSA) is 87.4 Å². The van der Waals surface area contributed by atoms with E-state index in [0.29, 0.717) is 17.2 Å². The molecule has 26 heavy (non-hydrogen) atoms. The van der Waals surface area contributed by atoms with Gasteiger partial charge in [0.2, 0.25) is 5.95 Å². The quantitative estimate of drug-likeness (QED) is 0.770. The Labute approximate surface area is 150 Å². The first-order valence-electron chi connectivity index (χ1n) is 8.36. The fourth-order valence-corrected chi connectivity index (χ4v) is 2.82. The SMILES string of the molecule is O=C(Nc1cnc(N2CCN(c3ccccn3)CC2)nc1)c1ccoc1. The lowest BCUT2D eigenvalue weighted by Gasteiger charge is -2.35. The summed E-state index contributed by atoms with van der Waals surface area (Å²) in [6, 6.07) is 7.53. The zero-order valence-corrected chi connectivity index (χ0v) is 14.1. The third-order valence-corrected chi connectivity index (χ3v) is 4.22. The molecular formula is C18H18N6O2. The predicted octanol–water partition coefficient (Wildman–Crippen LogP) is 2.04. The molecule has 1 saturated heterocycles. The Morgan fingerprint density at radius 1 is 1.00 bits per heavy atom. The summed E-state index contributed by atoms with van der Waals surface area (Å²) in [5.74, 6) is 1.40. The van der Waals surface area contributed by atoms with Crippen LogP contribution in [-0.2, 0) is 0 Å². The van der Waals surface area contributed by atoms with E-state index in [1.807, 2.05) is 18.2 Å². The van der Waals surface area contributed by atoms with Crippen LogP contribution in [0.1, 0.15) is 10.4 Å². The molecule has 0 spiro atoms. The van der Waals surface area contributed by atoms with Crippen molar-refractivity contribution in [1.29, 1.82) is 0 Å². The number of nitrogens with one attached hydrogen (secondary N) is 1. The summed E-state index contributed by atoms with van der Waals surface area (Å²) in [5, 5.41) is 2.74. The molecule has 1 aliphatic heterocycles. The van der Waals surface area contributed by atoms with Crippen LogP contribution in [0.5, 0.6) is 0 Å². The first-order valence-corrected chi connectivity index (χ1v) is 8.36. The summed E-state index contributed by atoms with van der Waals surface area (Å²) in [4.78, 5) is 29.5. The molecule has 0 atom stereocenters. The molecule has 0 aliphatic carbocycles. The van der Waals surface area contributed by atoms with E-state index in [1.54, 1.807) is 24.7 Å². The van der Waals surface area contributed by atoms with Crippen LogP contribution in [0.4, 0.5) is 17.5 Å². The molecule has 0 aromatic carbocycles. The first-order chi connectivity index (χ1) is 12.8. The molecule has 0 unspecified atom stereocenters. The number of piperazine rings is 1. The minimum absolute atomic E-state index is 0.251. The van der Waals surface area contributed by atoms with E-state index in [0.717, 1.165) is 32.0 Å². The van der Waals surface area contributed by atoms with Crippen molar-refractivity contribution < 1.29 is 9.21 Å². The van der Waals surface area contributed by atoms with Crippen molar-refractivity contribution in [3.05, 3.63) is 60.9 Å². The second-order valence-corrected chi connectivity index (χ2v) is 5.90. The van der Waals surface area contributed by atoms with Crippen LogP contribution in [0.15, 0.2) is 59.8 Å². The summed E-state index contributed by atoms with van der Waals surface area (Å²) in [6.07, 6.45) is 7.89. The molecule has 3 aromatic heterocycles. The molecule has 4 heterocycles. The Kier molecular flexibility index (Phi) is 4.46. The Morgan fingerprint density at radius 3 is 2.42 bits per heavy atom. The number of carbonyl (C=O) groups is 1. The number of furan rings is 1. The maximum atomic E-state index is 12.0. The van der Waals surface area contributed by atoms with Gasteiger partial charge < -0.3 is 19.5 Å².